The van der Waals surface area contributed by atoms with Crippen molar-refractivity contribution in [2.24, 2.45) is 5.92 Å². The number of allylic oxidation sites excluding steroid dienone is 2. The minimum Gasteiger partial charge on any atom is -0.463 e. The maximum Gasteiger partial charge on any atom is 0.306 e. The zero-order chi connectivity index (χ0) is 19.0. The SMILES string of the molecule is C[C@H](CO)NC(=O)C[C@H]1CC=CCCC(=O)OCC2(CCCC2)NC1=O. The number of carbonyl (C=O) groups excluding carboxylic acids is 3. The molecule has 1 spiro atoms. The number of nitrogens with one attached hydrogen (secondary N) is 2. The Hall–Kier alpha value is -1.89. The Bertz CT molecular complexity index is 540. The van der Waals surface area contributed by atoms with Gasteiger partial charge in [-0.15, -0.1) is 0 Å². The maximum atomic E-state index is 12.8. The van der Waals surface area contributed by atoms with E-state index in [-0.39, 0.29) is 43.5 Å². The Labute approximate surface area is 154 Å². The lowest BCUT2D eigenvalue weighted by atomic mass is 9.93. The normalized spacial score (nSPS) is 24.9. The molecule has 1 fully saturated rings. The lowest BCUT2D eigenvalue weighted by Crippen LogP contribution is -2.52. The molecular weight excluding hydrogens is 336 g/mol. The van der Waals surface area contributed by atoms with Crippen molar-refractivity contribution in [2.75, 3.05) is 13.2 Å². The van der Waals surface area contributed by atoms with Crippen LogP contribution in [-0.2, 0) is 19.1 Å². The Balaban J connectivity index is 2.09. The second kappa shape index (κ2) is 9.71. The number of aliphatic hydroxyl groups is 1. The van der Waals surface area contributed by atoms with E-state index in [1.165, 1.54) is 0 Å². The molecule has 0 unspecified atom stereocenters. The van der Waals surface area contributed by atoms with Crippen LogP contribution in [0, 0.1) is 5.92 Å². The van der Waals surface area contributed by atoms with Gasteiger partial charge in [-0.1, -0.05) is 25.0 Å². The highest BCUT2D eigenvalue weighted by Crippen LogP contribution is 2.31. The van der Waals surface area contributed by atoms with Gasteiger partial charge in [-0.25, -0.2) is 0 Å². The first-order chi connectivity index (χ1) is 12.4. The highest BCUT2D eigenvalue weighted by molar-refractivity contribution is 5.86. The molecule has 1 aliphatic heterocycles. The summed E-state index contributed by atoms with van der Waals surface area (Å²) in [6.45, 7) is 1.76. The molecule has 2 aliphatic rings. The van der Waals surface area contributed by atoms with Gasteiger partial charge in [0, 0.05) is 18.9 Å². The summed E-state index contributed by atoms with van der Waals surface area (Å²) < 4.78 is 5.39. The van der Waals surface area contributed by atoms with Crippen LogP contribution < -0.4 is 10.6 Å². The number of cyclic esters (lactones) is 1. The Morgan fingerprint density at radius 3 is 2.81 bits per heavy atom. The van der Waals surface area contributed by atoms with Crippen molar-refractivity contribution in [1.29, 1.82) is 0 Å². The summed E-state index contributed by atoms with van der Waals surface area (Å²) in [5.74, 6) is -1.16. The van der Waals surface area contributed by atoms with Gasteiger partial charge in [0.2, 0.25) is 11.8 Å². The second-order valence-corrected chi connectivity index (χ2v) is 7.44. The Kier molecular flexibility index (Phi) is 7.63. The van der Waals surface area contributed by atoms with E-state index in [1.54, 1.807) is 6.92 Å². The fraction of sp³-hybridized carbons (Fsp3) is 0.737. The van der Waals surface area contributed by atoms with Crippen LogP contribution in [0.15, 0.2) is 12.2 Å². The van der Waals surface area contributed by atoms with Gasteiger partial charge >= 0.3 is 5.97 Å². The van der Waals surface area contributed by atoms with Crippen LogP contribution in [0.5, 0.6) is 0 Å². The van der Waals surface area contributed by atoms with Crippen LogP contribution in [0.25, 0.3) is 0 Å². The van der Waals surface area contributed by atoms with Crippen LogP contribution in [0.4, 0.5) is 0 Å². The molecule has 26 heavy (non-hydrogen) atoms. The molecule has 1 heterocycles. The van der Waals surface area contributed by atoms with E-state index in [9.17, 15) is 14.4 Å². The number of esters is 1. The van der Waals surface area contributed by atoms with Gasteiger partial charge in [-0.05, 0) is 32.6 Å². The first-order valence-corrected chi connectivity index (χ1v) is 9.47. The van der Waals surface area contributed by atoms with E-state index in [1.807, 2.05) is 12.2 Å². The summed E-state index contributed by atoms with van der Waals surface area (Å²) in [6.07, 6.45) is 8.62. The lowest BCUT2D eigenvalue weighted by Gasteiger charge is -2.32. The number of amides is 2. The average molecular weight is 366 g/mol. The number of rotatable bonds is 4. The highest BCUT2D eigenvalue weighted by Gasteiger charge is 2.38. The van der Waals surface area contributed by atoms with Crippen LogP contribution in [0.1, 0.15) is 58.3 Å². The van der Waals surface area contributed by atoms with E-state index in [0.717, 1.165) is 25.7 Å². The Morgan fingerprint density at radius 1 is 1.38 bits per heavy atom. The van der Waals surface area contributed by atoms with Gasteiger partial charge in [0.05, 0.1) is 18.1 Å². The predicted molar refractivity (Wildman–Crippen MR) is 96.1 cm³/mol. The molecule has 0 bridgehead atoms. The molecule has 1 saturated carbocycles. The quantitative estimate of drug-likeness (QED) is 0.512. The van der Waals surface area contributed by atoms with Crippen LogP contribution in [0.3, 0.4) is 0 Å². The third kappa shape index (κ3) is 6.12. The molecule has 0 aromatic heterocycles. The van der Waals surface area contributed by atoms with Crippen molar-refractivity contribution in [3.8, 4) is 0 Å². The van der Waals surface area contributed by atoms with Crippen LogP contribution >= 0.6 is 0 Å². The lowest BCUT2D eigenvalue weighted by molar-refractivity contribution is -0.147. The van der Waals surface area contributed by atoms with E-state index in [4.69, 9.17) is 9.84 Å². The third-order valence-corrected chi connectivity index (χ3v) is 5.04. The zero-order valence-electron chi connectivity index (χ0n) is 15.5. The highest BCUT2D eigenvalue weighted by atomic mass is 16.5. The van der Waals surface area contributed by atoms with Gasteiger partial charge in [0.25, 0.3) is 0 Å². The van der Waals surface area contributed by atoms with Crippen LogP contribution in [-0.4, -0.2) is 47.7 Å². The van der Waals surface area contributed by atoms with Crippen molar-refractivity contribution < 1.29 is 24.2 Å². The van der Waals surface area contributed by atoms with E-state index < -0.39 is 11.5 Å². The number of hydrogen-bond donors (Lipinski definition) is 3. The van der Waals surface area contributed by atoms with Crippen molar-refractivity contribution in [3.63, 3.8) is 0 Å². The summed E-state index contributed by atoms with van der Waals surface area (Å²) in [5, 5.41) is 14.8. The first-order valence-electron chi connectivity index (χ1n) is 9.47. The molecule has 0 radical (unpaired) electrons. The Morgan fingerprint density at radius 2 is 2.12 bits per heavy atom. The van der Waals surface area contributed by atoms with E-state index in [2.05, 4.69) is 10.6 Å². The molecule has 2 amide bonds. The van der Waals surface area contributed by atoms with Crippen molar-refractivity contribution in [1.82, 2.24) is 10.6 Å². The molecule has 7 nitrogen and oxygen atoms in total. The molecule has 2 rings (SSSR count). The van der Waals surface area contributed by atoms with E-state index >= 15 is 0 Å². The van der Waals surface area contributed by atoms with Crippen molar-refractivity contribution >= 4 is 17.8 Å². The summed E-state index contributed by atoms with van der Waals surface area (Å²) in [6, 6.07) is -0.340. The number of carbonyl (C=O) groups is 3. The minimum atomic E-state index is -0.511. The fourth-order valence-electron chi connectivity index (χ4n) is 3.48. The molecule has 0 aromatic carbocycles. The summed E-state index contributed by atoms with van der Waals surface area (Å²) >= 11 is 0. The molecule has 0 aromatic rings. The number of ether oxygens (including phenoxy) is 1. The molecule has 2 atom stereocenters. The van der Waals surface area contributed by atoms with Gasteiger partial charge in [-0.3, -0.25) is 14.4 Å². The van der Waals surface area contributed by atoms with Gasteiger partial charge in [0.15, 0.2) is 0 Å². The summed E-state index contributed by atoms with van der Waals surface area (Å²) in [7, 11) is 0. The van der Waals surface area contributed by atoms with Crippen molar-refractivity contribution in [3.05, 3.63) is 12.2 Å². The molecule has 0 saturated heterocycles. The summed E-state index contributed by atoms with van der Waals surface area (Å²) in [5.41, 5.74) is -0.511. The topological polar surface area (TPSA) is 105 Å². The largest absolute Gasteiger partial charge is 0.463 e. The molecule has 1 aliphatic carbocycles. The number of aliphatic hydroxyl groups excluding tert-OH is 1. The van der Waals surface area contributed by atoms with Crippen LogP contribution in [0.2, 0.25) is 0 Å². The zero-order valence-corrected chi connectivity index (χ0v) is 15.5. The molecule has 7 heteroatoms. The third-order valence-electron chi connectivity index (χ3n) is 5.04. The monoisotopic (exact) mass is 366 g/mol. The fourth-order valence-corrected chi connectivity index (χ4v) is 3.48. The van der Waals surface area contributed by atoms with Gasteiger partial charge in [-0.2, -0.15) is 0 Å². The summed E-state index contributed by atoms with van der Waals surface area (Å²) in [4.78, 5) is 36.8. The van der Waals surface area contributed by atoms with Crippen molar-refractivity contribution in [2.45, 2.75) is 69.9 Å². The minimum absolute atomic E-state index is 0.0659. The number of hydrogen-bond acceptors (Lipinski definition) is 5. The standard InChI is InChI=1S/C19H30N2O5/c1-14(12-22)20-16(23)11-15-7-3-2-4-8-17(24)26-13-19(21-18(15)25)9-5-6-10-19/h2-3,14-15,22H,4-13H2,1H3,(H,20,23)(H,21,25)/t14-,15-/m1/s1. The van der Waals surface area contributed by atoms with E-state index in [0.29, 0.717) is 19.3 Å². The smallest absolute Gasteiger partial charge is 0.306 e. The molecular formula is C19H30N2O5. The first kappa shape index (κ1) is 20.4. The maximum absolute atomic E-state index is 12.8. The second-order valence-electron chi connectivity index (χ2n) is 7.44. The molecule has 146 valence electrons. The average Bonchev–Trinajstić information content (AvgIpc) is 3.06. The van der Waals surface area contributed by atoms with Gasteiger partial charge < -0.3 is 20.5 Å². The molecule has 3 N–H and O–H groups in total. The predicted octanol–water partition coefficient (Wildman–Crippen LogP) is 1.20. The van der Waals surface area contributed by atoms with Gasteiger partial charge in [0.1, 0.15) is 6.61 Å².